The number of ether oxygens (including phenoxy) is 1. The third-order valence-corrected chi connectivity index (χ3v) is 3.61. The van der Waals surface area contributed by atoms with Gasteiger partial charge in [0.1, 0.15) is 0 Å². The van der Waals surface area contributed by atoms with Gasteiger partial charge in [-0.15, -0.1) is 0 Å². The van der Waals surface area contributed by atoms with E-state index in [4.69, 9.17) is 4.74 Å². The fraction of sp³-hybridized carbons (Fsp3) is 1.00. The minimum Gasteiger partial charge on any atom is -0.381 e. The molecule has 2 nitrogen and oxygen atoms in total. The summed E-state index contributed by atoms with van der Waals surface area (Å²) in [5.41, 5.74) is 0. The highest BCUT2D eigenvalue weighted by Crippen LogP contribution is 2.37. The molecular formula is C11H21NO. The molecule has 0 aromatic carbocycles. The first-order valence-corrected chi connectivity index (χ1v) is 5.44. The van der Waals surface area contributed by atoms with E-state index in [0.717, 1.165) is 36.9 Å². The summed E-state index contributed by atoms with van der Waals surface area (Å²) in [6, 6.07) is 0. The average molecular weight is 183 g/mol. The molecular weight excluding hydrogens is 162 g/mol. The maximum Gasteiger partial charge on any atom is 0.0509 e. The first-order chi connectivity index (χ1) is 6.18. The summed E-state index contributed by atoms with van der Waals surface area (Å²) in [5.74, 6) is 3.31. The second-order valence-electron chi connectivity index (χ2n) is 5.10. The molecule has 2 aliphatic rings. The molecule has 2 bridgehead atoms. The summed E-state index contributed by atoms with van der Waals surface area (Å²) < 4.78 is 5.64. The maximum atomic E-state index is 5.64. The number of fused-ring (bicyclic) bond motifs is 2. The zero-order valence-corrected chi connectivity index (χ0v) is 8.99. The molecule has 0 amide bonds. The zero-order valence-electron chi connectivity index (χ0n) is 8.99. The van der Waals surface area contributed by atoms with E-state index in [0.29, 0.717) is 0 Å². The normalized spacial score (nSPS) is 41.1. The van der Waals surface area contributed by atoms with Gasteiger partial charge in [0.05, 0.1) is 13.2 Å². The van der Waals surface area contributed by atoms with E-state index in [1.54, 1.807) is 0 Å². The van der Waals surface area contributed by atoms with Crippen LogP contribution in [0.3, 0.4) is 0 Å². The van der Waals surface area contributed by atoms with E-state index in [1.807, 2.05) is 0 Å². The van der Waals surface area contributed by atoms with Crippen LogP contribution >= 0.6 is 0 Å². The summed E-state index contributed by atoms with van der Waals surface area (Å²) >= 11 is 0. The second kappa shape index (κ2) is 3.58. The Balaban J connectivity index is 2.10. The van der Waals surface area contributed by atoms with Gasteiger partial charge in [0.15, 0.2) is 0 Å². The molecule has 0 spiro atoms. The fourth-order valence-electron chi connectivity index (χ4n) is 3.29. The van der Waals surface area contributed by atoms with Crippen LogP contribution < -0.4 is 0 Å². The molecule has 2 heterocycles. The van der Waals surface area contributed by atoms with Crippen molar-refractivity contribution in [2.24, 2.45) is 23.7 Å². The Labute approximate surface area is 81.3 Å². The highest BCUT2D eigenvalue weighted by Gasteiger charge is 2.40. The van der Waals surface area contributed by atoms with Crippen molar-refractivity contribution in [2.45, 2.75) is 13.8 Å². The minimum atomic E-state index is 0.789. The second-order valence-corrected chi connectivity index (χ2v) is 5.10. The Bertz CT molecular complexity index is 167. The van der Waals surface area contributed by atoms with Crippen LogP contribution in [0.25, 0.3) is 0 Å². The van der Waals surface area contributed by atoms with Crippen LogP contribution in [-0.4, -0.2) is 38.3 Å². The molecule has 2 aliphatic heterocycles. The summed E-state index contributed by atoms with van der Waals surface area (Å²) in [6.45, 7) is 9.18. The van der Waals surface area contributed by atoms with Crippen molar-refractivity contribution in [3.05, 3.63) is 0 Å². The van der Waals surface area contributed by atoms with Crippen LogP contribution in [0.15, 0.2) is 0 Å². The first kappa shape index (κ1) is 9.47. The van der Waals surface area contributed by atoms with Gasteiger partial charge >= 0.3 is 0 Å². The predicted octanol–water partition coefficient (Wildman–Crippen LogP) is 1.47. The molecule has 13 heavy (non-hydrogen) atoms. The third kappa shape index (κ3) is 1.75. The number of rotatable bonds is 1. The summed E-state index contributed by atoms with van der Waals surface area (Å²) in [5, 5.41) is 0. The molecule has 76 valence electrons. The van der Waals surface area contributed by atoms with Gasteiger partial charge in [-0.25, -0.2) is 0 Å². The van der Waals surface area contributed by atoms with Crippen molar-refractivity contribution in [2.75, 3.05) is 33.4 Å². The van der Waals surface area contributed by atoms with Crippen LogP contribution in [0.5, 0.6) is 0 Å². The molecule has 2 unspecified atom stereocenters. The fourth-order valence-corrected chi connectivity index (χ4v) is 3.29. The molecule has 0 aromatic rings. The Morgan fingerprint density at radius 2 is 1.69 bits per heavy atom. The largest absolute Gasteiger partial charge is 0.381 e. The number of likely N-dealkylation sites (tertiary alicyclic amines) is 1. The van der Waals surface area contributed by atoms with Gasteiger partial charge in [0.25, 0.3) is 0 Å². The highest BCUT2D eigenvalue weighted by atomic mass is 16.5. The molecule has 2 fully saturated rings. The van der Waals surface area contributed by atoms with Crippen molar-refractivity contribution in [3.63, 3.8) is 0 Å². The number of hydrogen-bond acceptors (Lipinski definition) is 2. The van der Waals surface area contributed by atoms with Crippen molar-refractivity contribution in [1.82, 2.24) is 4.90 Å². The van der Waals surface area contributed by atoms with Crippen molar-refractivity contribution in [1.29, 1.82) is 0 Å². The molecule has 3 atom stereocenters. The summed E-state index contributed by atoms with van der Waals surface area (Å²) in [4.78, 5) is 2.47. The summed E-state index contributed by atoms with van der Waals surface area (Å²) in [7, 11) is 2.24. The molecule has 0 radical (unpaired) electrons. The van der Waals surface area contributed by atoms with Crippen LogP contribution in [0, 0.1) is 23.7 Å². The SMILES string of the molecule is CC(C)C1C2COC[C@H]1CN(C)C2. The van der Waals surface area contributed by atoms with Crippen molar-refractivity contribution >= 4 is 0 Å². The van der Waals surface area contributed by atoms with Gasteiger partial charge in [-0.2, -0.15) is 0 Å². The van der Waals surface area contributed by atoms with E-state index in [1.165, 1.54) is 13.1 Å². The van der Waals surface area contributed by atoms with Crippen LogP contribution in [0.2, 0.25) is 0 Å². The quantitative estimate of drug-likeness (QED) is 0.610. The average Bonchev–Trinajstić information content (AvgIpc) is 2.01. The minimum absolute atomic E-state index is 0.789. The molecule has 2 saturated heterocycles. The predicted molar refractivity (Wildman–Crippen MR) is 53.6 cm³/mol. The molecule has 2 heteroatoms. The van der Waals surface area contributed by atoms with E-state index < -0.39 is 0 Å². The monoisotopic (exact) mass is 183 g/mol. The van der Waals surface area contributed by atoms with E-state index in [2.05, 4.69) is 25.8 Å². The lowest BCUT2D eigenvalue weighted by molar-refractivity contribution is -0.0917. The van der Waals surface area contributed by atoms with Crippen molar-refractivity contribution < 1.29 is 4.74 Å². The Morgan fingerprint density at radius 3 is 2.15 bits per heavy atom. The van der Waals surface area contributed by atoms with Crippen LogP contribution in [0.4, 0.5) is 0 Å². The van der Waals surface area contributed by atoms with Gasteiger partial charge in [-0.3, -0.25) is 0 Å². The van der Waals surface area contributed by atoms with Crippen molar-refractivity contribution in [3.8, 4) is 0 Å². The topological polar surface area (TPSA) is 12.5 Å². The van der Waals surface area contributed by atoms with Gasteiger partial charge in [0.2, 0.25) is 0 Å². The number of nitrogens with zero attached hydrogens (tertiary/aromatic N) is 1. The van der Waals surface area contributed by atoms with E-state index in [-0.39, 0.29) is 0 Å². The number of piperidine rings is 1. The van der Waals surface area contributed by atoms with Gasteiger partial charge < -0.3 is 9.64 Å². The molecule has 0 saturated carbocycles. The van der Waals surface area contributed by atoms with Crippen LogP contribution in [0.1, 0.15) is 13.8 Å². The lowest BCUT2D eigenvalue weighted by Gasteiger charge is -2.47. The first-order valence-electron chi connectivity index (χ1n) is 5.44. The Hall–Kier alpha value is -0.0800. The number of hydrogen-bond donors (Lipinski definition) is 0. The van der Waals surface area contributed by atoms with E-state index in [9.17, 15) is 0 Å². The molecule has 2 rings (SSSR count). The molecule has 0 aliphatic carbocycles. The molecule has 0 aromatic heterocycles. The van der Waals surface area contributed by atoms with E-state index >= 15 is 0 Å². The lowest BCUT2D eigenvalue weighted by atomic mass is 9.71. The third-order valence-electron chi connectivity index (χ3n) is 3.61. The lowest BCUT2D eigenvalue weighted by Crippen LogP contribution is -2.52. The van der Waals surface area contributed by atoms with Gasteiger partial charge in [0, 0.05) is 13.1 Å². The zero-order chi connectivity index (χ0) is 9.42. The Morgan fingerprint density at radius 1 is 1.15 bits per heavy atom. The maximum absolute atomic E-state index is 5.64. The molecule has 0 N–H and O–H groups in total. The summed E-state index contributed by atoms with van der Waals surface area (Å²) in [6.07, 6.45) is 0. The van der Waals surface area contributed by atoms with Gasteiger partial charge in [-0.1, -0.05) is 13.8 Å². The van der Waals surface area contributed by atoms with Crippen LogP contribution in [-0.2, 0) is 4.74 Å². The standard InChI is InChI=1S/C11H21NO/c1-8(2)11-9-4-12(3)5-10(11)7-13-6-9/h8-11H,4-7H2,1-3H3/t9-,10?,11?/m1/s1. The smallest absolute Gasteiger partial charge is 0.0509 e. The Kier molecular flexibility index (Phi) is 2.61. The van der Waals surface area contributed by atoms with Gasteiger partial charge in [-0.05, 0) is 30.7 Å². The highest BCUT2D eigenvalue weighted by molar-refractivity contribution is 4.89.